The lowest BCUT2D eigenvalue weighted by molar-refractivity contribution is -0.140. The van der Waals surface area contributed by atoms with E-state index in [2.05, 4.69) is 0 Å². The predicted octanol–water partition coefficient (Wildman–Crippen LogP) is 1.34. The normalized spacial score (nSPS) is 35.6. The molecule has 2 fully saturated rings. The minimum absolute atomic E-state index is 0.137. The Balaban J connectivity index is 2.26. The molecule has 4 heteroatoms. The smallest absolute Gasteiger partial charge is 0.346 e. The number of hydrogen-bond donors (Lipinski definition) is 0. The Morgan fingerprint density at radius 1 is 1.33 bits per heavy atom. The number of esters is 1. The molecule has 0 spiro atoms. The average molecular weight is 210 g/mol. The van der Waals surface area contributed by atoms with Gasteiger partial charge in [-0.2, -0.15) is 0 Å². The minimum Gasteiger partial charge on any atom is -0.494 e. The highest BCUT2D eigenvalue weighted by Gasteiger charge is 2.40. The van der Waals surface area contributed by atoms with Crippen molar-refractivity contribution in [1.29, 1.82) is 0 Å². The molecule has 0 radical (unpaired) electrons. The van der Waals surface area contributed by atoms with Gasteiger partial charge in [0.25, 0.3) is 0 Å². The molecule has 0 aromatic heterocycles. The number of Topliss-reactive ketones (excluding diaryl/α,β-unsaturated/α-hetero) is 1. The van der Waals surface area contributed by atoms with Gasteiger partial charge in [-0.15, -0.1) is 0 Å². The molecule has 0 saturated carbocycles. The van der Waals surface area contributed by atoms with Crippen LogP contribution in [-0.4, -0.2) is 24.0 Å². The molecule has 2 rings (SSSR count). The maximum Gasteiger partial charge on any atom is 0.346 e. The van der Waals surface area contributed by atoms with Crippen LogP contribution in [0.1, 0.15) is 33.1 Å². The topological polar surface area (TPSA) is 52.6 Å². The number of carbonyl (C=O) groups is 2. The number of cyclic esters (lactones) is 1. The second-order valence-corrected chi connectivity index (χ2v) is 3.90. The zero-order valence-corrected chi connectivity index (χ0v) is 8.91. The van der Waals surface area contributed by atoms with Crippen LogP contribution < -0.4 is 0 Å². The summed E-state index contributed by atoms with van der Waals surface area (Å²) in [7, 11) is 0. The summed E-state index contributed by atoms with van der Waals surface area (Å²) >= 11 is 0. The van der Waals surface area contributed by atoms with Gasteiger partial charge < -0.3 is 9.47 Å². The number of hydrogen-bond acceptors (Lipinski definition) is 4. The first kappa shape index (κ1) is 10.2. The second-order valence-electron chi connectivity index (χ2n) is 3.90. The largest absolute Gasteiger partial charge is 0.494 e. The van der Waals surface area contributed by atoms with E-state index in [-0.39, 0.29) is 17.5 Å². The van der Waals surface area contributed by atoms with Crippen molar-refractivity contribution in [2.75, 3.05) is 0 Å². The highest BCUT2D eigenvalue weighted by atomic mass is 16.6. The lowest BCUT2D eigenvalue weighted by atomic mass is 10.1. The molecule has 0 unspecified atom stereocenters. The van der Waals surface area contributed by atoms with Crippen LogP contribution in [0.15, 0.2) is 11.3 Å². The summed E-state index contributed by atoms with van der Waals surface area (Å²) < 4.78 is 10.4. The van der Waals surface area contributed by atoms with Crippen LogP contribution in [0.2, 0.25) is 0 Å². The Morgan fingerprint density at radius 3 is 2.53 bits per heavy atom. The molecular formula is C11H14O4. The molecule has 2 atom stereocenters. The summed E-state index contributed by atoms with van der Waals surface area (Å²) in [5.41, 5.74) is 0.137. The summed E-state index contributed by atoms with van der Waals surface area (Å²) in [6.07, 6.45) is 1.94. The van der Waals surface area contributed by atoms with E-state index < -0.39 is 12.1 Å². The van der Waals surface area contributed by atoms with Crippen molar-refractivity contribution < 1.29 is 19.1 Å². The SMILES string of the molecule is CC[C@H]1CC/C(=C2/C(=O)O[C@H](C)C2=O)O1. The lowest BCUT2D eigenvalue weighted by Crippen LogP contribution is -2.12. The Labute approximate surface area is 88.2 Å². The Hall–Kier alpha value is -1.32. The first-order valence-corrected chi connectivity index (χ1v) is 5.28. The molecule has 0 amide bonds. The quantitative estimate of drug-likeness (QED) is 0.372. The van der Waals surface area contributed by atoms with E-state index in [0.717, 1.165) is 12.8 Å². The number of ketones is 1. The molecule has 15 heavy (non-hydrogen) atoms. The van der Waals surface area contributed by atoms with Crippen LogP contribution in [0, 0.1) is 0 Å². The van der Waals surface area contributed by atoms with Gasteiger partial charge in [0.15, 0.2) is 6.10 Å². The first-order chi connectivity index (χ1) is 7.13. The van der Waals surface area contributed by atoms with E-state index in [1.165, 1.54) is 0 Å². The predicted molar refractivity (Wildman–Crippen MR) is 52.0 cm³/mol. The molecule has 0 aromatic rings. The third-order valence-corrected chi connectivity index (χ3v) is 2.84. The summed E-state index contributed by atoms with van der Waals surface area (Å²) in [4.78, 5) is 23.0. The van der Waals surface area contributed by atoms with Crippen molar-refractivity contribution in [2.45, 2.75) is 45.3 Å². The van der Waals surface area contributed by atoms with Gasteiger partial charge in [-0.05, 0) is 19.8 Å². The number of ether oxygens (including phenoxy) is 2. The fourth-order valence-corrected chi connectivity index (χ4v) is 1.91. The maximum absolute atomic E-state index is 11.6. The number of carbonyl (C=O) groups excluding carboxylic acids is 2. The van der Waals surface area contributed by atoms with Gasteiger partial charge in [0.05, 0.1) is 6.10 Å². The van der Waals surface area contributed by atoms with Crippen molar-refractivity contribution in [3.63, 3.8) is 0 Å². The summed E-state index contributed by atoms with van der Waals surface area (Å²) in [5.74, 6) is -0.243. The van der Waals surface area contributed by atoms with Gasteiger partial charge in [0.1, 0.15) is 11.3 Å². The van der Waals surface area contributed by atoms with E-state index in [4.69, 9.17) is 9.47 Å². The van der Waals surface area contributed by atoms with Crippen LogP contribution in [-0.2, 0) is 19.1 Å². The fourth-order valence-electron chi connectivity index (χ4n) is 1.91. The van der Waals surface area contributed by atoms with Gasteiger partial charge in [-0.25, -0.2) is 4.79 Å². The molecule has 2 saturated heterocycles. The van der Waals surface area contributed by atoms with Gasteiger partial charge in [0, 0.05) is 6.42 Å². The summed E-state index contributed by atoms with van der Waals surface area (Å²) in [5, 5.41) is 0. The zero-order valence-electron chi connectivity index (χ0n) is 8.91. The van der Waals surface area contributed by atoms with E-state index in [1.54, 1.807) is 6.92 Å². The van der Waals surface area contributed by atoms with Gasteiger partial charge in [0.2, 0.25) is 5.78 Å². The molecule has 0 aliphatic carbocycles. The highest BCUT2D eigenvalue weighted by Crippen LogP contribution is 2.31. The van der Waals surface area contributed by atoms with Crippen molar-refractivity contribution in [1.82, 2.24) is 0 Å². The second kappa shape index (κ2) is 3.68. The lowest BCUT2D eigenvalue weighted by Gasteiger charge is -2.07. The number of allylic oxidation sites excluding steroid dienone is 1. The van der Waals surface area contributed by atoms with Gasteiger partial charge in [-0.3, -0.25) is 4.79 Å². The molecular weight excluding hydrogens is 196 g/mol. The standard InChI is InChI=1S/C11H14O4/c1-3-7-4-5-8(15-7)9-10(12)6(2)14-11(9)13/h6-7H,3-5H2,1-2H3/b9-8-/t6-,7+/m1/s1. The highest BCUT2D eigenvalue weighted by molar-refractivity contribution is 6.23. The van der Waals surface area contributed by atoms with Crippen LogP contribution in [0.4, 0.5) is 0 Å². The van der Waals surface area contributed by atoms with Crippen molar-refractivity contribution in [3.8, 4) is 0 Å². The fraction of sp³-hybridized carbons (Fsp3) is 0.636. The minimum atomic E-state index is -0.649. The van der Waals surface area contributed by atoms with E-state index >= 15 is 0 Å². The molecule has 2 aliphatic heterocycles. The monoisotopic (exact) mass is 210 g/mol. The molecule has 0 bridgehead atoms. The summed E-state index contributed by atoms with van der Waals surface area (Å²) in [6, 6.07) is 0. The van der Waals surface area contributed by atoms with Crippen LogP contribution in [0.3, 0.4) is 0 Å². The molecule has 0 aromatic carbocycles. The average Bonchev–Trinajstić information content (AvgIpc) is 2.74. The Kier molecular flexibility index (Phi) is 2.50. The molecule has 2 heterocycles. The molecule has 0 N–H and O–H groups in total. The van der Waals surface area contributed by atoms with Crippen molar-refractivity contribution in [3.05, 3.63) is 11.3 Å². The Morgan fingerprint density at radius 2 is 2.07 bits per heavy atom. The zero-order chi connectivity index (χ0) is 11.0. The van der Waals surface area contributed by atoms with Crippen molar-refractivity contribution in [2.24, 2.45) is 0 Å². The van der Waals surface area contributed by atoms with Gasteiger partial charge in [-0.1, -0.05) is 6.92 Å². The molecule has 4 nitrogen and oxygen atoms in total. The third-order valence-electron chi connectivity index (χ3n) is 2.84. The van der Waals surface area contributed by atoms with Crippen LogP contribution in [0.5, 0.6) is 0 Å². The third kappa shape index (κ3) is 1.64. The van der Waals surface area contributed by atoms with Crippen LogP contribution >= 0.6 is 0 Å². The molecule has 82 valence electrons. The number of rotatable bonds is 1. The maximum atomic E-state index is 11.6. The van der Waals surface area contributed by atoms with Gasteiger partial charge >= 0.3 is 5.97 Å². The van der Waals surface area contributed by atoms with E-state index in [1.807, 2.05) is 6.92 Å². The van der Waals surface area contributed by atoms with E-state index in [9.17, 15) is 9.59 Å². The molecule has 2 aliphatic rings. The van der Waals surface area contributed by atoms with Crippen molar-refractivity contribution >= 4 is 11.8 Å². The summed E-state index contributed by atoms with van der Waals surface area (Å²) in [6.45, 7) is 3.61. The Bertz CT molecular complexity index is 342. The van der Waals surface area contributed by atoms with Crippen LogP contribution in [0.25, 0.3) is 0 Å². The first-order valence-electron chi connectivity index (χ1n) is 5.28. The van der Waals surface area contributed by atoms with E-state index in [0.29, 0.717) is 12.2 Å².